The minimum Gasteiger partial charge on any atom is -0.481 e. The fourth-order valence-electron chi connectivity index (χ4n) is 2.66. The highest BCUT2D eigenvalue weighted by Crippen LogP contribution is 2.19. The number of hydrogen-bond donors (Lipinski definition) is 1. The van der Waals surface area contributed by atoms with Crippen molar-refractivity contribution in [1.29, 1.82) is 0 Å². The van der Waals surface area contributed by atoms with Gasteiger partial charge >= 0.3 is 5.97 Å². The zero-order valence-corrected chi connectivity index (χ0v) is 12.6. The molecular weight excluding hydrogens is 268 g/mol. The van der Waals surface area contributed by atoms with Gasteiger partial charge in [0, 0.05) is 25.2 Å². The van der Waals surface area contributed by atoms with Crippen molar-refractivity contribution in [2.45, 2.75) is 19.4 Å². The van der Waals surface area contributed by atoms with Crippen LogP contribution in [0.3, 0.4) is 0 Å². The first-order valence-electron chi connectivity index (χ1n) is 7.23. The Kier molecular flexibility index (Phi) is 4.96. The van der Waals surface area contributed by atoms with Gasteiger partial charge in [-0.3, -0.25) is 9.59 Å². The fourth-order valence-corrected chi connectivity index (χ4v) is 2.66. The number of carbonyl (C=O) groups excluding carboxylic acids is 1. The molecular formula is C16H22N2O3. The Morgan fingerprint density at radius 2 is 1.95 bits per heavy atom. The van der Waals surface area contributed by atoms with E-state index >= 15 is 0 Å². The van der Waals surface area contributed by atoms with Crippen molar-refractivity contribution in [3.05, 3.63) is 35.4 Å². The third kappa shape index (κ3) is 4.04. The molecule has 1 saturated heterocycles. The number of hydrogen-bond acceptors (Lipinski definition) is 3. The predicted octanol–water partition coefficient (Wildman–Crippen LogP) is 1.68. The van der Waals surface area contributed by atoms with E-state index in [1.165, 1.54) is 0 Å². The van der Waals surface area contributed by atoms with E-state index in [9.17, 15) is 9.59 Å². The highest BCUT2D eigenvalue weighted by atomic mass is 16.4. The number of carboxylic acid groups (broad SMARTS) is 1. The molecule has 1 aliphatic heterocycles. The zero-order chi connectivity index (χ0) is 15.4. The summed E-state index contributed by atoms with van der Waals surface area (Å²) in [5.41, 5.74) is 1.78. The summed E-state index contributed by atoms with van der Waals surface area (Å²) in [6.07, 6.45) is 1.41. The summed E-state index contributed by atoms with van der Waals surface area (Å²) < 4.78 is 0. The number of benzene rings is 1. The summed E-state index contributed by atoms with van der Waals surface area (Å²) in [6.45, 7) is 1.79. The standard InChI is InChI=1S/C16H22N2O3/c1-17(2)10-12-5-7-13(8-6-12)15(19)18-9-3-4-14(11-18)16(20)21/h5-8,14H,3-4,9-11H2,1-2H3,(H,20,21)/t14-/m1/s1. The second kappa shape index (κ2) is 6.72. The maximum absolute atomic E-state index is 12.4. The first kappa shape index (κ1) is 15.5. The molecule has 0 radical (unpaired) electrons. The molecule has 1 aromatic carbocycles. The Morgan fingerprint density at radius 3 is 2.52 bits per heavy atom. The van der Waals surface area contributed by atoms with E-state index in [4.69, 9.17) is 5.11 Å². The Balaban J connectivity index is 2.03. The molecule has 0 spiro atoms. The van der Waals surface area contributed by atoms with Crippen LogP contribution in [0, 0.1) is 5.92 Å². The molecule has 114 valence electrons. The molecule has 1 aliphatic rings. The average molecular weight is 290 g/mol. The van der Waals surface area contributed by atoms with Gasteiger partial charge in [0.05, 0.1) is 5.92 Å². The predicted molar refractivity (Wildman–Crippen MR) is 80.1 cm³/mol. The number of likely N-dealkylation sites (tertiary alicyclic amines) is 1. The van der Waals surface area contributed by atoms with Gasteiger partial charge < -0.3 is 14.9 Å². The number of aliphatic carboxylic acids is 1. The van der Waals surface area contributed by atoms with Crippen LogP contribution in [0.25, 0.3) is 0 Å². The molecule has 1 heterocycles. The molecule has 0 aliphatic carbocycles. The number of carboxylic acids is 1. The first-order valence-corrected chi connectivity index (χ1v) is 7.23. The minimum absolute atomic E-state index is 0.0719. The summed E-state index contributed by atoms with van der Waals surface area (Å²) in [7, 11) is 4.00. The SMILES string of the molecule is CN(C)Cc1ccc(C(=O)N2CCC[C@@H](C(=O)O)C2)cc1. The summed E-state index contributed by atoms with van der Waals surface area (Å²) in [4.78, 5) is 27.2. The van der Waals surface area contributed by atoms with E-state index in [2.05, 4.69) is 4.90 Å². The second-order valence-electron chi connectivity index (χ2n) is 5.86. The monoisotopic (exact) mass is 290 g/mol. The molecule has 0 unspecified atom stereocenters. The lowest BCUT2D eigenvalue weighted by Gasteiger charge is -2.30. The van der Waals surface area contributed by atoms with Crippen molar-refractivity contribution in [3.63, 3.8) is 0 Å². The van der Waals surface area contributed by atoms with Crippen LogP contribution >= 0.6 is 0 Å². The third-order valence-electron chi connectivity index (χ3n) is 3.76. The molecule has 1 fully saturated rings. The van der Waals surface area contributed by atoms with Crippen molar-refractivity contribution >= 4 is 11.9 Å². The largest absolute Gasteiger partial charge is 0.481 e. The highest BCUT2D eigenvalue weighted by Gasteiger charge is 2.28. The number of piperidine rings is 1. The number of nitrogens with zero attached hydrogens (tertiary/aromatic N) is 2. The summed E-state index contributed by atoms with van der Waals surface area (Å²) >= 11 is 0. The Hall–Kier alpha value is -1.88. The topological polar surface area (TPSA) is 60.9 Å². The van der Waals surface area contributed by atoms with Crippen molar-refractivity contribution < 1.29 is 14.7 Å². The van der Waals surface area contributed by atoms with Gasteiger partial charge in [-0.05, 0) is 44.6 Å². The molecule has 1 amide bonds. The van der Waals surface area contributed by atoms with Gasteiger partial charge in [0.25, 0.3) is 5.91 Å². The van der Waals surface area contributed by atoms with Gasteiger partial charge in [0.2, 0.25) is 0 Å². The molecule has 0 bridgehead atoms. The van der Waals surface area contributed by atoms with Gasteiger partial charge in [-0.15, -0.1) is 0 Å². The van der Waals surface area contributed by atoms with E-state index < -0.39 is 11.9 Å². The second-order valence-corrected chi connectivity index (χ2v) is 5.86. The van der Waals surface area contributed by atoms with Crippen molar-refractivity contribution in [2.24, 2.45) is 5.92 Å². The van der Waals surface area contributed by atoms with Crippen LogP contribution in [0.1, 0.15) is 28.8 Å². The van der Waals surface area contributed by atoms with Crippen LogP contribution in [-0.4, -0.2) is 54.0 Å². The Labute approximate surface area is 125 Å². The number of carbonyl (C=O) groups is 2. The van der Waals surface area contributed by atoms with E-state index in [1.54, 1.807) is 4.90 Å². The summed E-state index contributed by atoms with van der Waals surface area (Å²) in [5.74, 6) is -1.32. The van der Waals surface area contributed by atoms with E-state index in [1.807, 2.05) is 38.4 Å². The van der Waals surface area contributed by atoms with Crippen LogP contribution in [0.4, 0.5) is 0 Å². The molecule has 21 heavy (non-hydrogen) atoms. The van der Waals surface area contributed by atoms with Crippen LogP contribution < -0.4 is 0 Å². The number of amides is 1. The van der Waals surface area contributed by atoms with Crippen molar-refractivity contribution in [1.82, 2.24) is 9.80 Å². The summed E-state index contributed by atoms with van der Waals surface area (Å²) in [6, 6.07) is 7.55. The molecule has 0 aromatic heterocycles. The lowest BCUT2D eigenvalue weighted by Crippen LogP contribution is -2.42. The summed E-state index contributed by atoms with van der Waals surface area (Å²) in [5, 5.41) is 9.09. The lowest BCUT2D eigenvalue weighted by atomic mass is 9.97. The zero-order valence-electron chi connectivity index (χ0n) is 12.6. The molecule has 1 N–H and O–H groups in total. The van der Waals surface area contributed by atoms with Crippen LogP contribution in [0.2, 0.25) is 0 Å². The van der Waals surface area contributed by atoms with Crippen LogP contribution in [0.5, 0.6) is 0 Å². The molecule has 2 rings (SSSR count). The number of rotatable bonds is 4. The molecule has 0 saturated carbocycles. The van der Waals surface area contributed by atoms with Gasteiger partial charge in [-0.2, -0.15) is 0 Å². The van der Waals surface area contributed by atoms with Gasteiger partial charge in [-0.25, -0.2) is 0 Å². The average Bonchev–Trinajstić information content (AvgIpc) is 2.47. The lowest BCUT2D eigenvalue weighted by molar-refractivity contribution is -0.143. The fraction of sp³-hybridized carbons (Fsp3) is 0.500. The molecule has 5 nitrogen and oxygen atoms in total. The van der Waals surface area contributed by atoms with Gasteiger partial charge in [0.1, 0.15) is 0 Å². The van der Waals surface area contributed by atoms with Crippen molar-refractivity contribution in [2.75, 3.05) is 27.2 Å². The molecule has 1 aromatic rings. The third-order valence-corrected chi connectivity index (χ3v) is 3.76. The normalized spacial score (nSPS) is 18.8. The minimum atomic E-state index is -0.811. The Morgan fingerprint density at radius 1 is 1.29 bits per heavy atom. The van der Waals surface area contributed by atoms with Crippen LogP contribution in [-0.2, 0) is 11.3 Å². The molecule has 5 heteroatoms. The van der Waals surface area contributed by atoms with Gasteiger partial charge in [-0.1, -0.05) is 12.1 Å². The van der Waals surface area contributed by atoms with E-state index in [-0.39, 0.29) is 5.91 Å². The molecule has 1 atom stereocenters. The Bertz CT molecular complexity index is 511. The first-order chi connectivity index (χ1) is 9.97. The van der Waals surface area contributed by atoms with Crippen molar-refractivity contribution in [3.8, 4) is 0 Å². The smallest absolute Gasteiger partial charge is 0.308 e. The highest BCUT2D eigenvalue weighted by molar-refractivity contribution is 5.94. The van der Waals surface area contributed by atoms with Crippen LogP contribution in [0.15, 0.2) is 24.3 Å². The van der Waals surface area contributed by atoms with E-state index in [0.29, 0.717) is 25.1 Å². The maximum Gasteiger partial charge on any atom is 0.308 e. The maximum atomic E-state index is 12.4. The van der Waals surface area contributed by atoms with E-state index in [0.717, 1.165) is 18.5 Å². The van der Waals surface area contributed by atoms with Gasteiger partial charge in [0.15, 0.2) is 0 Å². The quantitative estimate of drug-likeness (QED) is 0.916.